The molecule has 0 bridgehead atoms. The van der Waals surface area contributed by atoms with Crippen molar-refractivity contribution in [1.29, 1.82) is 0 Å². The molecular weight excluding hydrogens is 284 g/mol. The van der Waals surface area contributed by atoms with E-state index < -0.39 is 12.5 Å². The number of alkyl halides is 2. The predicted molar refractivity (Wildman–Crippen MR) is 79.9 cm³/mol. The molecule has 1 atom stereocenters. The Hall–Kier alpha value is -1.39. The molecule has 2 nitrogen and oxygen atoms in total. The number of benzene rings is 2. The molecule has 0 aliphatic rings. The van der Waals surface area contributed by atoms with Crippen molar-refractivity contribution in [2.75, 3.05) is 6.61 Å². The third-order valence-electron chi connectivity index (χ3n) is 3.03. The average molecular weight is 302 g/mol. The molecule has 0 amide bonds. The van der Waals surface area contributed by atoms with Crippen molar-refractivity contribution < 1.29 is 13.5 Å². The molecular formula is C15H18ClF2NO. The summed E-state index contributed by atoms with van der Waals surface area (Å²) in [6.45, 7) is 2.34. The molecule has 0 aromatic heterocycles. The number of rotatable bonds is 5. The van der Waals surface area contributed by atoms with Gasteiger partial charge in [0.2, 0.25) is 6.43 Å². The smallest absolute Gasteiger partial charge is 0.240 e. The number of hydrogen-bond acceptors (Lipinski definition) is 2. The Labute approximate surface area is 123 Å². The maximum absolute atomic E-state index is 12.6. The lowest BCUT2D eigenvalue weighted by Gasteiger charge is -2.18. The van der Waals surface area contributed by atoms with Crippen molar-refractivity contribution in [2.24, 2.45) is 5.73 Å². The molecule has 0 unspecified atom stereocenters. The molecule has 0 heterocycles. The molecule has 0 saturated heterocycles. The highest BCUT2D eigenvalue weighted by Crippen LogP contribution is 2.34. The van der Waals surface area contributed by atoms with E-state index in [1.165, 1.54) is 0 Å². The summed E-state index contributed by atoms with van der Waals surface area (Å²) < 4.78 is 30.7. The summed E-state index contributed by atoms with van der Waals surface area (Å²) in [5.41, 5.74) is 6.60. The second-order valence-electron chi connectivity index (χ2n) is 4.36. The van der Waals surface area contributed by atoms with Gasteiger partial charge in [-0.05, 0) is 23.8 Å². The van der Waals surface area contributed by atoms with Gasteiger partial charge in [0.05, 0.1) is 6.61 Å². The van der Waals surface area contributed by atoms with Crippen LogP contribution in [0.15, 0.2) is 36.4 Å². The number of ether oxygens (including phenoxy) is 1. The molecule has 0 aliphatic carbocycles. The van der Waals surface area contributed by atoms with E-state index >= 15 is 0 Å². The molecule has 2 aromatic carbocycles. The van der Waals surface area contributed by atoms with Crippen LogP contribution in [-0.4, -0.2) is 13.0 Å². The lowest BCUT2D eigenvalue weighted by atomic mass is 9.96. The molecule has 0 fully saturated rings. The van der Waals surface area contributed by atoms with Gasteiger partial charge in [-0.3, -0.25) is 0 Å². The zero-order valence-electron chi connectivity index (χ0n) is 11.2. The fraction of sp³-hybridized carbons (Fsp3) is 0.333. The molecule has 20 heavy (non-hydrogen) atoms. The summed E-state index contributed by atoms with van der Waals surface area (Å²) in [4.78, 5) is 0. The Morgan fingerprint density at radius 1 is 1.15 bits per heavy atom. The first-order valence-corrected chi connectivity index (χ1v) is 6.31. The second kappa shape index (κ2) is 7.41. The van der Waals surface area contributed by atoms with Crippen LogP contribution in [0.4, 0.5) is 8.78 Å². The number of fused-ring (bicyclic) bond motifs is 1. The summed E-state index contributed by atoms with van der Waals surface area (Å²) in [6.07, 6.45) is -2.79. The van der Waals surface area contributed by atoms with E-state index in [2.05, 4.69) is 0 Å². The van der Waals surface area contributed by atoms with E-state index in [-0.39, 0.29) is 18.8 Å². The van der Waals surface area contributed by atoms with E-state index in [0.717, 1.165) is 10.8 Å². The van der Waals surface area contributed by atoms with Crippen LogP contribution in [-0.2, 0) is 0 Å². The van der Waals surface area contributed by atoms with Crippen LogP contribution in [0.25, 0.3) is 10.8 Å². The second-order valence-corrected chi connectivity index (χ2v) is 4.36. The van der Waals surface area contributed by atoms with Crippen LogP contribution in [0, 0.1) is 0 Å². The van der Waals surface area contributed by atoms with Crippen LogP contribution in [0.5, 0.6) is 5.75 Å². The molecule has 2 rings (SSSR count). The van der Waals surface area contributed by atoms with Crippen molar-refractivity contribution in [2.45, 2.75) is 25.8 Å². The molecule has 0 radical (unpaired) electrons. The van der Waals surface area contributed by atoms with Gasteiger partial charge in [-0.2, -0.15) is 0 Å². The van der Waals surface area contributed by atoms with E-state index in [4.69, 9.17) is 10.5 Å². The van der Waals surface area contributed by atoms with Crippen LogP contribution in [0.3, 0.4) is 0 Å². The normalized spacial score (nSPS) is 12.2. The van der Waals surface area contributed by atoms with Crippen LogP contribution in [0.2, 0.25) is 0 Å². The summed E-state index contributed by atoms with van der Waals surface area (Å²) in [5, 5.41) is 1.85. The monoisotopic (exact) mass is 301 g/mol. The molecule has 0 aliphatic heterocycles. The van der Waals surface area contributed by atoms with Gasteiger partial charge in [0, 0.05) is 18.0 Å². The minimum absolute atomic E-state index is 0. The highest BCUT2D eigenvalue weighted by Gasteiger charge is 2.19. The van der Waals surface area contributed by atoms with E-state index in [1.54, 1.807) is 6.07 Å². The van der Waals surface area contributed by atoms with Gasteiger partial charge < -0.3 is 10.5 Å². The molecule has 110 valence electrons. The number of halogens is 3. The molecule has 0 spiro atoms. The molecule has 2 N–H and O–H groups in total. The van der Waals surface area contributed by atoms with Crippen molar-refractivity contribution in [3.63, 3.8) is 0 Å². The number of hydrogen-bond donors (Lipinski definition) is 1. The molecule has 0 saturated carbocycles. The van der Waals surface area contributed by atoms with Gasteiger partial charge in [-0.15, -0.1) is 12.4 Å². The fourth-order valence-electron chi connectivity index (χ4n) is 2.25. The Morgan fingerprint density at radius 2 is 1.85 bits per heavy atom. The van der Waals surface area contributed by atoms with Gasteiger partial charge in [0.25, 0.3) is 0 Å². The average Bonchev–Trinajstić information content (AvgIpc) is 2.37. The molecule has 5 heteroatoms. The van der Waals surface area contributed by atoms with E-state index in [9.17, 15) is 8.78 Å². The Bertz CT molecular complexity index is 563. The predicted octanol–water partition coefficient (Wildman–Crippen LogP) is 4.32. The standard InChI is InChI=1S/C15H17F2NO.ClH/c1-2-19-13-8-7-10-5-3-4-6-11(10)15(13)12(18)9-14(16)17;/h3-8,12,14H,2,9,18H2,1H3;1H/t12-;/m0./s1. The minimum Gasteiger partial charge on any atom is -0.494 e. The van der Waals surface area contributed by atoms with Gasteiger partial charge in [-0.1, -0.05) is 30.3 Å². The topological polar surface area (TPSA) is 35.2 Å². The summed E-state index contributed by atoms with van der Waals surface area (Å²) in [6, 6.07) is 10.6. The first-order valence-electron chi connectivity index (χ1n) is 6.31. The van der Waals surface area contributed by atoms with Crippen LogP contribution >= 0.6 is 12.4 Å². The Morgan fingerprint density at radius 3 is 2.50 bits per heavy atom. The van der Waals surface area contributed by atoms with Crippen LogP contribution < -0.4 is 10.5 Å². The highest BCUT2D eigenvalue weighted by molar-refractivity contribution is 5.88. The van der Waals surface area contributed by atoms with Crippen molar-refractivity contribution in [3.05, 3.63) is 42.0 Å². The van der Waals surface area contributed by atoms with E-state index in [0.29, 0.717) is 17.9 Å². The maximum Gasteiger partial charge on any atom is 0.240 e. The SMILES string of the molecule is CCOc1ccc2ccccc2c1[C@@H](N)CC(F)F.Cl. The van der Waals surface area contributed by atoms with Gasteiger partial charge >= 0.3 is 0 Å². The summed E-state index contributed by atoms with van der Waals surface area (Å²) >= 11 is 0. The third-order valence-corrected chi connectivity index (χ3v) is 3.03. The van der Waals surface area contributed by atoms with E-state index in [1.807, 2.05) is 37.3 Å². The quantitative estimate of drug-likeness (QED) is 0.893. The fourth-order valence-corrected chi connectivity index (χ4v) is 2.25. The zero-order chi connectivity index (χ0) is 13.8. The third kappa shape index (κ3) is 3.58. The Kier molecular flexibility index (Phi) is 6.17. The first kappa shape index (κ1) is 16.7. The van der Waals surface area contributed by atoms with Crippen molar-refractivity contribution in [1.82, 2.24) is 0 Å². The Balaban J connectivity index is 0.00000200. The van der Waals surface area contributed by atoms with Gasteiger partial charge in [0.1, 0.15) is 5.75 Å². The zero-order valence-corrected chi connectivity index (χ0v) is 12.0. The minimum atomic E-state index is -2.43. The highest BCUT2D eigenvalue weighted by atomic mass is 35.5. The lowest BCUT2D eigenvalue weighted by molar-refractivity contribution is 0.128. The summed E-state index contributed by atoms with van der Waals surface area (Å²) in [5.74, 6) is 0.592. The van der Waals surface area contributed by atoms with Gasteiger partial charge in [0.15, 0.2) is 0 Å². The largest absolute Gasteiger partial charge is 0.494 e. The number of nitrogens with two attached hydrogens (primary N) is 1. The van der Waals surface area contributed by atoms with Crippen molar-refractivity contribution in [3.8, 4) is 5.75 Å². The van der Waals surface area contributed by atoms with Gasteiger partial charge in [-0.25, -0.2) is 8.78 Å². The molecule has 2 aromatic rings. The lowest BCUT2D eigenvalue weighted by Crippen LogP contribution is -2.16. The first-order chi connectivity index (χ1) is 9.13. The summed E-state index contributed by atoms with van der Waals surface area (Å²) in [7, 11) is 0. The maximum atomic E-state index is 12.6. The van der Waals surface area contributed by atoms with Crippen molar-refractivity contribution >= 4 is 23.2 Å². The van der Waals surface area contributed by atoms with Crippen LogP contribution in [0.1, 0.15) is 24.9 Å².